The second-order valence-corrected chi connectivity index (χ2v) is 7.69. The van der Waals surface area contributed by atoms with Crippen molar-refractivity contribution in [3.63, 3.8) is 0 Å². The maximum Gasteiger partial charge on any atom is 0.325 e. The van der Waals surface area contributed by atoms with Gasteiger partial charge in [-0.05, 0) is 37.4 Å². The van der Waals surface area contributed by atoms with Crippen molar-refractivity contribution < 1.29 is 9.59 Å². The summed E-state index contributed by atoms with van der Waals surface area (Å²) in [6.07, 6.45) is 1.60. The molecule has 5 nitrogen and oxygen atoms in total. The number of urea groups is 1. The van der Waals surface area contributed by atoms with E-state index in [-0.39, 0.29) is 11.9 Å². The quantitative estimate of drug-likeness (QED) is 0.850. The summed E-state index contributed by atoms with van der Waals surface area (Å²) in [5.41, 5.74) is 2.55. The first-order valence-electron chi connectivity index (χ1n) is 9.52. The molecular formula is C22H25N3O2. The molecule has 0 radical (unpaired) electrons. The molecule has 2 aliphatic rings. The van der Waals surface area contributed by atoms with Gasteiger partial charge in [0.25, 0.3) is 5.91 Å². The van der Waals surface area contributed by atoms with E-state index in [1.165, 1.54) is 10.5 Å². The minimum atomic E-state index is -0.784. The molecule has 0 aromatic heterocycles. The third kappa shape index (κ3) is 3.60. The Morgan fingerprint density at radius 3 is 2.56 bits per heavy atom. The van der Waals surface area contributed by atoms with Crippen LogP contribution in [0.4, 0.5) is 4.79 Å². The first kappa shape index (κ1) is 17.7. The summed E-state index contributed by atoms with van der Waals surface area (Å²) in [4.78, 5) is 29.4. The van der Waals surface area contributed by atoms with E-state index in [1.54, 1.807) is 0 Å². The molecule has 2 saturated heterocycles. The van der Waals surface area contributed by atoms with Crippen molar-refractivity contribution in [3.8, 4) is 0 Å². The maximum absolute atomic E-state index is 13.2. The van der Waals surface area contributed by atoms with Crippen LogP contribution in [0.1, 0.15) is 29.5 Å². The predicted octanol–water partition coefficient (Wildman–Crippen LogP) is 3.08. The lowest BCUT2D eigenvalue weighted by Gasteiger charge is -2.38. The average molecular weight is 363 g/mol. The van der Waals surface area contributed by atoms with Crippen molar-refractivity contribution >= 4 is 11.9 Å². The highest BCUT2D eigenvalue weighted by Crippen LogP contribution is 2.30. The van der Waals surface area contributed by atoms with E-state index in [0.29, 0.717) is 19.5 Å². The van der Waals surface area contributed by atoms with Crippen LogP contribution < -0.4 is 5.32 Å². The fraction of sp³-hybridized carbons (Fsp3) is 0.364. The Morgan fingerprint density at radius 1 is 1.00 bits per heavy atom. The lowest BCUT2D eigenvalue weighted by Crippen LogP contribution is -2.58. The molecule has 2 aromatic rings. The van der Waals surface area contributed by atoms with Gasteiger partial charge in [0.05, 0.1) is 6.54 Å². The molecule has 2 aromatic carbocycles. The predicted molar refractivity (Wildman–Crippen MR) is 104 cm³/mol. The van der Waals surface area contributed by atoms with Gasteiger partial charge in [-0.3, -0.25) is 14.6 Å². The van der Waals surface area contributed by atoms with Crippen LogP contribution >= 0.6 is 0 Å². The summed E-state index contributed by atoms with van der Waals surface area (Å²) in [5.74, 6) is -0.0910. The van der Waals surface area contributed by atoms with E-state index in [1.807, 2.05) is 49.4 Å². The molecule has 1 atom stereocenters. The van der Waals surface area contributed by atoms with Crippen LogP contribution in [0.5, 0.6) is 0 Å². The first-order valence-corrected chi connectivity index (χ1v) is 9.52. The van der Waals surface area contributed by atoms with E-state index in [0.717, 1.165) is 30.6 Å². The van der Waals surface area contributed by atoms with Crippen molar-refractivity contribution in [1.82, 2.24) is 15.1 Å². The highest BCUT2D eigenvalue weighted by Gasteiger charge is 2.52. The van der Waals surface area contributed by atoms with Gasteiger partial charge in [-0.1, -0.05) is 60.2 Å². The molecule has 2 heterocycles. The van der Waals surface area contributed by atoms with Gasteiger partial charge in [-0.25, -0.2) is 4.79 Å². The van der Waals surface area contributed by atoms with Crippen molar-refractivity contribution in [2.45, 2.75) is 38.4 Å². The molecule has 140 valence electrons. The summed E-state index contributed by atoms with van der Waals surface area (Å²) in [5, 5.41) is 3.02. The molecule has 0 saturated carbocycles. The van der Waals surface area contributed by atoms with Gasteiger partial charge >= 0.3 is 6.03 Å². The number of nitrogens with zero attached hydrogens (tertiary/aromatic N) is 2. The van der Waals surface area contributed by atoms with E-state index < -0.39 is 5.54 Å². The minimum Gasteiger partial charge on any atom is -0.322 e. The van der Waals surface area contributed by atoms with Gasteiger partial charge in [0.1, 0.15) is 5.54 Å². The molecule has 4 rings (SSSR count). The average Bonchev–Trinajstić information content (AvgIpc) is 2.87. The second kappa shape index (κ2) is 7.16. The van der Waals surface area contributed by atoms with E-state index in [9.17, 15) is 9.59 Å². The van der Waals surface area contributed by atoms with Crippen LogP contribution in [-0.4, -0.2) is 40.4 Å². The van der Waals surface area contributed by atoms with Gasteiger partial charge in [-0.15, -0.1) is 0 Å². The zero-order valence-corrected chi connectivity index (χ0v) is 15.6. The Labute approximate surface area is 160 Å². The fourth-order valence-corrected chi connectivity index (χ4v) is 4.21. The number of rotatable bonds is 4. The summed E-state index contributed by atoms with van der Waals surface area (Å²) in [6.45, 7) is 4.64. The topological polar surface area (TPSA) is 52.7 Å². The van der Waals surface area contributed by atoms with E-state index >= 15 is 0 Å². The molecule has 0 unspecified atom stereocenters. The van der Waals surface area contributed by atoms with Crippen LogP contribution in [0.3, 0.4) is 0 Å². The number of likely N-dealkylation sites (tertiary alicyclic amines) is 1. The highest BCUT2D eigenvalue weighted by atomic mass is 16.2. The molecule has 2 fully saturated rings. The number of imide groups is 1. The number of piperidine rings is 1. The number of aryl methyl sites for hydroxylation is 1. The third-order valence-electron chi connectivity index (χ3n) is 5.49. The van der Waals surface area contributed by atoms with Crippen molar-refractivity contribution in [2.24, 2.45) is 0 Å². The normalized spacial score (nSPS) is 23.1. The van der Waals surface area contributed by atoms with E-state index in [4.69, 9.17) is 0 Å². The van der Waals surface area contributed by atoms with Crippen LogP contribution in [0, 0.1) is 6.92 Å². The lowest BCUT2D eigenvalue weighted by molar-refractivity contribution is -0.133. The number of carbonyl (C=O) groups excluding carboxylic acids is 2. The summed E-state index contributed by atoms with van der Waals surface area (Å²) in [6, 6.07) is 17.9. The molecule has 1 spiro atoms. The monoisotopic (exact) mass is 363 g/mol. The SMILES string of the molecule is Cc1cccc(CN2C(=O)N[C@]3(CCCN(Cc4ccccc4)C3)C2=O)c1. The zero-order chi connectivity index (χ0) is 18.9. The largest absolute Gasteiger partial charge is 0.325 e. The number of hydrogen-bond donors (Lipinski definition) is 1. The molecule has 1 N–H and O–H groups in total. The Hall–Kier alpha value is -2.66. The van der Waals surface area contributed by atoms with E-state index in [2.05, 4.69) is 22.3 Å². The Morgan fingerprint density at radius 2 is 1.78 bits per heavy atom. The van der Waals surface area contributed by atoms with Crippen LogP contribution in [0.15, 0.2) is 54.6 Å². The van der Waals surface area contributed by atoms with Gasteiger partial charge in [0.15, 0.2) is 0 Å². The van der Waals surface area contributed by atoms with Gasteiger partial charge in [0, 0.05) is 13.1 Å². The third-order valence-corrected chi connectivity index (χ3v) is 5.49. The van der Waals surface area contributed by atoms with Gasteiger partial charge in [0.2, 0.25) is 0 Å². The van der Waals surface area contributed by atoms with Gasteiger partial charge in [-0.2, -0.15) is 0 Å². The molecule has 3 amide bonds. The van der Waals surface area contributed by atoms with Crippen molar-refractivity contribution in [3.05, 3.63) is 71.3 Å². The Bertz CT molecular complexity index is 852. The molecule has 5 heteroatoms. The number of benzene rings is 2. The van der Waals surface area contributed by atoms with Gasteiger partial charge < -0.3 is 5.32 Å². The summed E-state index contributed by atoms with van der Waals surface area (Å²) in [7, 11) is 0. The maximum atomic E-state index is 13.2. The highest BCUT2D eigenvalue weighted by molar-refractivity contribution is 6.07. The number of hydrogen-bond acceptors (Lipinski definition) is 3. The minimum absolute atomic E-state index is 0.0910. The fourth-order valence-electron chi connectivity index (χ4n) is 4.21. The number of amides is 3. The van der Waals surface area contributed by atoms with Crippen molar-refractivity contribution in [2.75, 3.05) is 13.1 Å². The number of nitrogens with one attached hydrogen (secondary N) is 1. The summed E-state index contributed by atoms with van der Waals surface area (Å²) >= 11 is 0. The molecule has 0 aliphatic carbocycles. The molecule has 27 heavy (non-hydrogen) atoms. The summed E-state index contributed by atoms with van der Waals surface area (Å²) < 4.78 is 0. The molecule has 0 bridgehead atoms. The van der Waals surface area contributed by atoms with Crippen LogP contribution in [0.2, 0.25) is 0 Å². The first-order chi connectivity index (χ1) is 13.1. The smallest absolute Gasteiger partial charge is 0.322 e. The van der Waals surface area contributed by atoms with Crippen molar-refractivity contribution in [1.29, 1.82) is 0 Å². The zero-order valence-electron chi connectivity index (χ0n) is 15.6. The Balaban J connectivity index is 1.49. The van der Waals surface area contributed by atoms with Crippen LogP contribution in [0.25, 0.3) is 0 Å². The molecular weight excluding hydrogens is 338 g/mol. The lowest BCUT2D eigenvalue weighted by atomic mass is 9.88. The second-order valence-electron chi connectivity index (χ2n) is 7.69. The molecule has 2 aliphatic heterocycles. The Kier molecular flexibility index (Phi) is 4.70. The van der Waals surface area contributed by atoms with Crippen LogP contribution in [-0.2, 0) is 17.9 Å². The standard InChI is InChI=1S/C22H25N3O2/c1-17-7-5-10-19(13-17)15-25-20(26)22(23-21(25)27)11-6-12-24(16-22)14-18-8-3-2-4-9-18/h2-5,7-10,13H,6,11-12,14-16H2,1H3,(H,23,27)/t22-/m0/s1. The number of carbonyl (C=O) groups is 2.